The third-order valence-corrected chi connectivity index (χ3v) is 3.46. The summed E-state index contributed by atoms with van der Waals surface area (Å²) < 4.78 is 21.6. The number of amides is 1. The second-order valence-electron chi connectivity index (χ2n) is 5.13. The Morgan fingerprint density at radius 2 is 1.94 bits per heavy atom. The van der Waals surface area contributed by atoms with E-state index >= 15 is 0 Å². The smallest absolute Gasteiger partial charge is 0.444 e. The molecule has 0 aromatic heterocycles. The highest BCUT2D eigenvalue weighted by molar-refractivity contribution is 7.40. The molecule has 106 valence electrons. The molecule has 0 aliphatic heterocycles. The molecule has 18 heavy (non-hydrogen) atoms. The van der Waals surface area contributed by atoms with Crippen LogP contribution in [-0.2, 0) is 13.8 Å². The highest BCUT2D eigenvalue weighted by Gasteiger charge is 2.34. The lowest BCUT2D eigenvalue weighted by molar-refractivity contribution is 0.0516. The summed E-state index contributed by atoms with van der Waals surface area (Å²) in [6, 6.07) is 0. The van der Waals surface area contributed by atoms with Crippen molar-refractivity contribution >= 4 is 14.1 Å². The van der Waals surface area contributed by atoms with Gasteiger partial charge in [-0.25, -0.2) is 4.79 Å². The van der Waals surface area contributed by atoms with Crippen LogP contribution in [0.3, 0.4) is 0 Å². The Morgan fingerprint density at radius 3 is 2.39 bits per heavy atom. The maximum atomic E-state index is 11.7. The van der Waals surface area contributed by atoms with Crippen LogP contribution >= 0.6 is 8.03 Å². The molecule has 1 amide bonds. The van der Waals surface area contributed by atoms with Crippen molar-refractivity contribution in [3.63, 3.8) is 0 Å². The predicted octanol–water partition coefficient (Wildman–Crippen LogP) is 3.81. The largest absolute Gasteiger partial charge is 0.533 e. The van der Waals surface area contributed by atoms with Crippen LogP contribution in [0.2, 0.25) is 0 Å². The quantitative estimate of drug-likeness (QED) is 0.568. The van der Waals surface area contributed by atoms with Crippen LogP contribution in [0.25, 0.3) is 0 Å². The minimum atomic E-state index is -1.89. The number of hydrogen-bond donors (Lipinski definition) is 1. The summed E-state index contributed by atoms with van der Waals surface area (Å²) in [5.74, 6) is -0.480. The Balaban J connectivity index is 4.31. The molecule has 0 saturated carbocycles. The first-order valence-electron chi connectivity index (χ1n) is 6.30. The molecule has 2 unspecified atom stereocenters. The number of alkyl carbamates (subject to hydrolysis) is 1. The van der Waals surface area contributed by atoms with Gasteiger partial charge in [-0.2, -0.15) is 0 Å². The van der Waals surface area contributed by atoms with Gasteiger partial charge >= 0.3 is 14.1 Å². The lowest BCUT2D eigenvalue weighted by Crippen LogP contribution is -2.37. The summed E-state index contributed by atoms with van der Waals surface area (Å²) in [4.78, 5) is 11.6. The van der Waals surface area contributed by atoms with Crippen molar-refractivity contribution in [1.82, 2.24) is 5.32 Å². The van der Waals surface area contributed by atoms with Crippen LogP contribution in [0.15, 0.2) is 0 Å². The van der Waals surface area contributed by atoms with E-state index in [0.29, 0.717) is 6.42 Å². The van der Waals surface area contributed by atoms with Gasteiger partial charge in [0.25, 0.3) is 5.78 Å². The molecule has 2 atom stereocenters. The van der Waals surface area contributed by atoms with Crippen molar-refractivity contribution in [2.75, 3.05) is 7.11 Å². The first-order valence-corrected chi connectivity index (χ1v) is 7.54. The fraction of sp³-hybridized carbons (Fsp3) is 0.917. The predicted molar refractivity (Wildman–Crippen MR) is 71.9 cm³/mol. The molecule has 0 aliphatic rings. The fourth-order valence-corrected chi connectivity index (χ4v) is 2.25. The van der Waals surface area contributed by atoms with Crippen molar-refractivity contribution in [2.24, 2.45) is 0 Å². The summed E-state index contributed by atoms with van der Waals surface area (Å²) in [5, 5.41) is 2.61. The molecular formula is C12H25NO4P+. The van der Waals surface area contributed by atoms with Crippen molar-refractivity contribution in [3.05, 3.63) is 0 Å². The molecule has 0 bridgehead atoms. The van der Waals surface area contributed by atoms with E-state index in [2.05, 4.69) is 12.2 Å². The number of nitrogens with one attached hydrogen (secondary N) is 1. The minimum Gasteiger partial charge on any atom is -0.444 e. The summed E-state index contributed by atoms with van der Waals surface area (Å²) in [6.45, 7) is 7.45. The van der Waals surface area contributed by atoms with Gasteiger partial charge in [-0.05, 0) is 31.8 Å². The average Bonchev–Trinajstić information content (AvgIpc) is 2.24. The molecule has 0 spiro atoms. The van der Waals surface area contributed by atoms with Crippen molar-refractivity contribution in [2.45, 2.75) is 64.8 Å². The van der Waals surface area contributed by atoms with E-state index in [4.69, 9.17) is 9.26 Å². The average molecular weight is 278 g/mol. The second-order valence-corrected chi connectivity index (χ2v) is 6.68. The third-order valence-electron chi connectivity index (χ3n) is 2.20. The summed E-state index contributed by atoms with van der Waals surface area (Å²) in [6.07, 6.45) is 3.10. The van der Waals surface area contributed by atoms with Gasteiger partial charge < -0.3 is 4.74 Å². The normalized spacial score (nSPS) is 13.9. The molecule has 1 N–H and O–H groups in total. The molecule has 6 heteroatoms. The molecule has 0 rings (SSSR count). The minimum absolute atomic E-state index is 0.480. The van der Waals surface area contributed by atoms with Crippen LogP contribution in [0.4, 0.5) is 4.79 Å². The zero-order valence-corrected chi connectivity index (χ0v) is 12.9. The number of carbonyl (C=O) groups is 1. The molecule has 0 aromatic carbocycles. The van der Waals surface area contributed by atoms with E-state index in [1.807, 2.05) is 0 Å². The Kier molecular flexibility index (Phi) is 8.12. The van der Waals surface area contributed by atoms with Crippen molar-refractivity contribution < 1.29 is 18.6 Å². The maximum absolute atomic E-state index is 11.7. The van der Waals surface area contributed by atoms with E-state index in [-0.39, 0.29) is 0 Å². The van der Waals surface area contributed by atoms with Gasteiger partial charge in [-0.1, -0.05) is 19.8 Å². The highest BCUT2D eigenvalue weighted by atomic mass is 31.1. The topological polar surface area (TPSA) is 64.6 Å². The molecular weight excluding hydrogens is 253 g/mol. The Bertz CT molecular complexity index is 276. The maximum Gasteiger partial charge on any atom is 0.533 e. The second kappa shape index (κ2) is 8.44. The summed E-state index contributed by atoms with van der Waals surface area (Å²) in [7, 11) is -0.517. The lowest BCUT2D eigenvalue weighted by Gasteiger charge is -2.20. The van der Waals surface area contributed by atoms with Gasteiger partial charge in [0.15, 0.2) is 0 Å². The summed E-state index contributed by atoms with van der Waals surface area (Å²) >= 11 is 0. The molecule has 0 fully saturated rings. The van der Waals surface area contributed by atoms with E-state index in [9.17, 15) is 9.36 Å². The van der Waals surface area contributed by atoms with Crippen molar-refractivity contribution in [1.29, 1.82) is 0 Å². The number of hydrogen-bond acceptors (Lipinski definition) is 4. The fourth-order valence-electron chi connectivity index (χ4n) is 1.39. The van der Waals surface area contributed by atoms with Crippen LogP contribution in [0.5, 0.6) is 0 Å². The van der Waals surface area contributed by atoms with E-state index in [1.165, 1.54) is 7.11 Å². The summed E-state index contributed by atoms with van der Waals surface area (Å²) in [5.41, 5.74) is -0.559. The van der Waals surface area contributed by atoms with Gasteiger partial charge in [-0.15, -0.1) is 4.52 Å². The molecule has 5 nitrogen and oxygen atoms in total. The van der Waals surface area contributed by atoms with Crippen LogP contribution in [-0.4, -0.2) is 24.6 Å². The van der Waals surface area contributed by atoms with E-state index in [1.54, 1.807) is 20.8 Å². The number of unbranched alkanes of at least 4 members (excludes halogenated alkanes) is 2. The van der Waals surface area contributed by atoms with Gasteiger partial charge in [0.2, 0.25) is 0 Å². The van der Waals surface area contributed by atoms with Gasteiger partial charge in [0, 0.05) is 6.42 Å². The SMILES string of the molecule is CCCCCC(NC(=O)OC(C)(C)C)[P+](=O)OC. The number of rotatable bonds is 7. The standard InChI is InChI=1S/C12H24NO4P/c1-6-7-8-9-10(18(15)16-5)13-11(14)17-12(2,3)4/h10H,6-9H2,1-5H3/p+1. The molecule has 0 radical (unpaired) electrons. The first kappa shape index (κ1) is 17.3. The van der Waals surface area contributed by atoms with Gasteiger partial charge in [0.1, 0.15) is 5.60 Å². The Labute approximate surface area is 110 Å². The van der Waals surface area contributed by atoms with Gasteiger partial charge in [-0.3, -0.25) is 5.32 Å². The molecule has 0 aromatic rings. The van der Waals surface area contributed by atoms with Crippen LogP contribution < -0.4 is 5.32 Å². The molecule has 0 aliphatic carbocycles. The monoisotopic (exact) mass is 278 g/mol. The highest BCUT2D eigenvalue weighted by Crippen LogP contribution is 2.30. The third kappa shape index (κ3) is 8.43. The number of ether oxygens (including phenoxy) is 1. The van der Waals surface area contributed by atoms with Crippen molar-refractivity contribution in [3.8, 4) is 0 Å². The zero-order chi connectivity index (χ0) is 14.2. The first-order chi connectivity index (χ1) is 8.30. The van der Waals surface area contributed by atoms with Crippen LogP contribution in [0.1, 0.15) is 53.4 Å². The number of carbonyl (C=O) groups excluding carboxylic acids is 1. The molecule has 0 heterocycles. The van der Waals surface area contributed by atoms with E-state index in [0.717, 1.165) is 19.3 Å². The Hall–Kier alpha value is -0.670. The van der Waals surface area contributed by atoms with Gasteiger partial charge in [0.05, 0.1) is 7.11 Å². The Morgan fingerprint density at radius 1 is 1.33 bits per heavy atom. The van der Waals surface area contributed by atoms with Crippen LogP contribution in [0, 0.1) is 0 Å². The van der Waals surface area contributed by atoms with E-state index < -0.39 is 25.5 Å². The molecule has 0 saturated heterocycles. The zero-order valence-electron chi connectivity index (χ0n) is 12.0. The lowest BCUT2D eigenvalue weighted by atomic mass is 10.2.